The summed E-state index contributed by atoms with van der Waals surface area (Å²) in [6, 6.07) is -0.0440. The minimum Gasteiger partial charge on any atom is -0.391 e. The molecule has 1 saturated heterocycles. The number of nitrogens with zero attached hydrogens (tertiary/aromatic N) is 1. The summed E-state index contributed by atoms with van der Waals surface area (Å²) in [5.41, 5.74) is 5.17. The molecule has 1 fully saturated rings. The van der Waals surface area contributed by atoms with Crippen LogP contribution in [-0.4, -0.2) is 54.9 Å². The zero-order valence-electron chi connectivity index (χ0n) is 9.51. The van der Waals surface area contributed by atoms with Crippen LogP contribution in [0, 0.1) is 5.92 Å². The van der Waals surface area contributed by atoms with Crippen LogP contribution in [0.3, 0.4) is 0 Å². The van der Waals surface area contributed by atoms with Crippen LogP contribution in [0.25, 0.3) is 0 Å². The van der Waals surface area contributed by atoms with Gasteiger partial charge in [-0.1, -0.05) is 6.92 Å². The first kappa shape index (κ1) is 12.4. The molecule has 1 aliphatic heterocycles. The summed E-state index contributed by atoms with van der Waals surface area (Å²) in [5.74, 6) is -0.982. The highest BCUT2D eigenvalue weighted by molar-refractivity contribution is 5.76. The van der Waals surface area contributed by atoms with Gasteiger partial charge in [-0.05, 0) is 13.5 Å². The molecule has 88 valence electrons. The van der Waals surface area contributed by atoms with Crippen molar-refractivity contribution >= 4 is 5.91 Å². The third kappa shape index (κ3) is 2.68. The minimum atomic E-state index is -0.715. The van der Waals surface area contributed by atoms with Crippen LogP contribution in [-0.2, 0) is 9.53 Å². The third-order valence-electron chi connectivity index (χ3n) is 3.25. The Morgan fingerprint density at radius 3 is 2.67 bits per heavy atom. The predicted octanol–water partition coefficient (Wildman–Crippen LogP) is -0.812. The first-order valence-corrected chi connectivity index (χ1v) is 5.17. The van der Waals surface area contributed by atoms with Crippen molar-refractivity contribution in [1.82, 2.24) is 4.90 Å². The van der Waals surface area contributed by atoms with Crippen molar-refractivity contribution < 1.29 is 14.6 Å². The van der Waals surface area contributed by atoms with Crippen LogP contribution >= 0.6 is 0 Å². The van der Waals surface area contributed by atoms with Gasteiger partial charge in [0.15, 0.2) is 0 Å². The maximum absolute atomic E-state index is 11.0. The number of ether oxygens (including phenoxy) is 1. The number of hydrogen-bond donors (Lipinski definition) is 2. The number of likely N-dealkylation sites (N-methyl/N-ethyl adjacent to an activating group) is 1. The molecule has 0 spiro atoms. The zero-order valence-corrected chi connectivity index (χ0v) is 9.51. The van der Waals surface area contributed by atoms with Gasteiger partial charge in [0.2, 0.25) is 5.91 Å². The maximum Gasteiger partial charge on any atom is 0.222 e. The summed E-state index contributed by atoms with van der Waals surface area (Å²) in [6.45, 7) is 2.44. The second-order valence-corrected chi connectivity index (χ2v) is 4.28. The van der Waals surface area contributed by atoms with E-state index in [-0.39, 0.29) is 12.1 Å². The fourth-order valence-corrected chi connectivity index (χ4v) is 2.05. The van der Waals surface area contributed by atoms with Gasteiger partial charge in [0, 0.05) is 19.7 Å². The van der Waals surface area contributed by atoms with E-state index >= 15 is 0 Å². The summed E-state index contributed by atoms with van der Waals surface area (Å²) < 4.78 is 5.23. The highest BCUT2D eigenvalue weighted by Crippen LogP contribution is 2.24. The van der Waals surface area contributed by atoms with Crippen molar-refractivity contribution in [3.63, 3.8) is 0 Å². The SMILES string of the molecule is COC1CC(C(O)C(C)C(N)=O)N(C)C1. The minimum absolute atomic E-state index is 0.0440. The number of aliphatic hydroxyl groups is 1. The average Bonchev–Trinajstić information content (AvgIpc) is 2.57. The van der Waals surface area contributed by atoms with E-state index in [0.29, 0.717) is 0 Å². The Kier molecular flexibility index (Phi) is 4.07. The molecular weight excluding hydrogens is 196 g/mol. The number of likely N-dealkylation sites (tertiary alicyclic amines) is 1. The molecule has 0 radical (unpaired) electrons. The molecule has 1 aliphatic rings. The number of amides is 1. The summed E-state index contributed by atoms with van der Waals surface area (Å²) in [4.78, 5) is 13.0. The molecule has 1 heterocycles. The average molecular weight is 216 g/mol. The van der Waals surface area contributed by atoms with Crippen LogP contribution < -0.4 is 5.73 Å². The first-order chi connectivity index (χ1) is 6.97. The highest BCUT2D eigenvalue weighted by atomic mass is 16.5. The molecule has 5 nitrogen and oxygen atoms in total. The van der Waals surface area contributed by atoms with E-state index in [2.05, 4.69) is 0 Å². The Morgan fingerprint density at radius 2 is 2.27 bits per heavy atom. The lowest BCUT2D eigenvalue weighted by atomic mass is 9.95. The second kappa shape index (κ2) is 4.92. The summed E-state index contributed by atoms with van der Waals surface area (Å²) >= 11 is 0. The van der Waals surface area contributed by atoms with Gasteiger partial charge in [-0.15, -0.1) is 0 Å². The molecule has 0 aromatic carbocycles. The number of carbonyl (C=O) groups is 1. The molecule has 4 unspecified atom stereocenters. The highest BCUT2D eigenvalue weighted by Gasteiger charge is 2.37. The van der Waals surface area contributed by atoms with Crippen molar-refractivity contribution in [1.29, 1.82) is 0 Å². The molecule has 0 aromatic rings. The van der Waals surface area contributed by atoms with Crippen LogP contribution in [0.5, 0.6) is 0 Å². The van der Waals surface area contributed by atoms with E-state index in [1.807, 2.05) is 11.9 Å². The topological polar surface area (TPSA) is 75.8 Å². The van der Waals surface area contributed by atoms with E-state index in [4.69, 9.17) is 10.5 Å². The van der Waals surface area contributed by atoms with E-state index < -0.39 is 17.9 Å². The van der Waals surface area contributed by atoms with Crippen LogP contribution in [0.15, 0.2) is 0 Å². The molecular formula is C10H20N2O3. The van der Waals surface area contributed by atoms with Crippen molar-refractivity contribution in [3.05, 3.63) is 0 Å². The van der Waals surface area contributed by atoms with Gasteiger partial charge < -0.3 is 15.6 Å². The van der Waals surface area contributed by atoms with Crippen LogP contribution in [0.2, 0.25) is 0 Å². The van der Waals surface area contributed by atoms with E-state index in [1.165, 1.54) is 0 Å². The van der Waals surface area contributed by atoms with Crippen LogP contribution in [0.4, 0.5) is 0 Å². The van der Waals surface area contributed by atoms with Gasteiger partial charge in [0.05, 0.1) is 18.1 Å². The molecule has 0 aromatic heterocycles. The number of rotatable bonds is 4. The van der Waals surface area contributed by atoms with Gasteiger partial charge in [-0.3, -0.25) is 9.69 Å². The predicted molar refractivity (Wildman–Crippen MR) is 56.2 cm³/mol. The second-order valence-electron chi connectivity index (χ2n) is 4.28. The lowest BCUT2D eigenvalue weighted by Gasteiger charge is -2.27. The van der Waals surface area contributed by atoms with Crippen molar-refractivity contribution in [2.24, 2.45) is 11.7 Å². The van der Waals surface area contributed by atoms with E-state index in [0.717, 1.165) is 13.0 Å². The smallest absolute Gasteiger partial charge is 0.222 e. The standard InChI is InChI=1S/C10H20N2O3/c1-6(10(11)14)9(13)8-4-7(15-3)5-12(8)2/h6-9,13H,4-5H2,1-3H3,(H2,11,14). The molecule has 1 rings (SSSR count). The van der Waals surface area contributed by atoms with Gasteiger partial charge in [0.1, 0.15) is 0 Å². The van der Waals surface area contributed by atoms with E-state index in [1.54, 1.807) is 14.0 Å². The van der Waals surface area contributed by atoms with Crippen LogP contribution in [0.1, 0.15) is 13.3 Å². The number of nitrogens with two attached hydrogens (primary N) is 1. The number of aliphatic hydroxyl groups excluding tert-OH is 1. The zero-order chi connectivity index (χ0) is 11.6. The quantitative estimate of drug-likeness (QED) is 0.644. The Hall–Kier alpha value is -0.650. The summed E-state index contributed by atoms with van der Waals surface area (Å²) in [7, 11) is 3.57. The monoisotopic (exact) mass is 216 g/mol. The third-order valence-corrected chi connectivity index (χ3v) is 3.25. The molecule has 0 saturated carbocycles. The van der Waals surface area contributed by atoms with Crippen molar-refractivity contribution in [3.8, 4) is 0 Å². The number of methoxy groups -OCH3 is 1. The van der Waals surface area contributed by atoms with Gasteiger partial charge in [0.25, 0.3) is 0 Å². The van der Waals surface area contributed by atoms with E-state index in [9.17, 15) is 9.90 Å². The Labute approximate surface area is 90.2 Å². The maximum atomic E-state index is 11.0. The Bertz CT molecular complexity index is 235. The molecule has 4 atom stereocenters. The summed E-state index contributed by atoms with van der Waals surface area (Å²) in [5, 5.41) is 9.97. The Morgan fingerprint density at radius 1 is 1.67 bits per heavy atom. The normalized spacial score (nSPS) is 31.5. The largest absolute Gasteiger partial charge is 0.391 e. The van der Waals surface area contributed by atoms with Crippen molar-refractivity contribution in [2.45, 2.75) is 31.6 Å². The van der Waals surface area contributed by atoms with Gasteiger partial charge >= 0.3 is 0 Å². The summed E-state index contributed by atoms with van der Waals surface area (Å²) in [6.07, 6.45) is 0.161. The molecule has 0 bridgehead atoms. The number of primary amides is 1. The van der Waals surface area contributed by atoms with Gasteiger partial charge in [-0.2, -0.15) is 0 Å². The lowest BCUT2D eigenvalue weighted by Crippen LogP contribution is -2.44. The fourth-order valence-electron chi connectivity index (χ4n) is 2.05. The molecule has 0 aliphatic carbocycles. The molecule has 3 N–H and O–H groups in total. The number of hydrogen-bond acceptors (Lipinski definition) is 4. The molecule has 5 heteroatoms. The molecule has 1 amide bonds. The Balaban J connectivity index is 2.60. The van der Waals surface area contributed by atoms with Crippen molar-refractivity contribution in [2.75, 3.05) is 20.7 Å². The first-order valence-electron chi connectivity index (χ1n) is 5.17. The lowest BCUT2D eigenvalue weighted by molar-refractivity contribution is -0.125. The molecule has 15 heavy (non-hydrogen) atoms. The van der Waals surface area contributed by atoms with Gasteiger partial charge in [-0.25, -0.2) is 0 Å². The fraction of sp³-hybridized carbons (Fsp3) is 0.900. The number of carbonyl (C=O) groups excluding carboxylic acids is 1.